The van der Waals surface area contributed by atoms with Crippen molar-refractivity contribution >= 4 is 11.6 Å². The average Bonchev–Trinajstić information content (AvgIpc) is 3.64. The molecule has 170 valence electrons. The molecule has 1 aliphatic heterocycles. The Bertz CT molecular complexity index is 1290. The van der Waals surface area contributed by atoms with Gasteiger partial charge in [0, 0.05) is 31.0 Å². The second-order valence-corrected chi connectivity index (χ2v) is 8.19. The van der Waals surface area contributed by atoms with E-state index in [9.17, 15) is 4.79 Å². The normalized spacial score (nSPS) is 17.0. The molecule has 1 saturated carbocycles. The topological polar surface area (TPSA) is 95.9 Å². The average molecular weight is 447 g/mol. The maximum Gasteiger partial charge on any atom is 0.368 e. The van der Waals surface area contributed by atoms with Crippen LogP contribution in [0.5, 0.6) is 5.75 Å². The fourth-order valence-electron chi connectivity index (χ4n) is 3.99. The lowest BCUT2D eigenvalue weighted by atomic mass is 10.0. The highest BCUT2D eigenvalue weighted by atomic mass is 16.5. The second kappa shape index (κ2) is 9.01. The molecular formula is C24H26N6O3. The Morgan fingerprint density at radius 3 is 2.79 bits per heavy atom. The van der Waals surface area contributed by atoms with Crippen LogP contribution in [0.1, 0.15) is 55.2 Å². The Kier molecular flexibility index (Phi) is 5.77. The lowest BCUT2D eigenvalue weighted by molar-refractivity contribution is 0.281. The van der Waals surface area contributed by atoms with E-state index in [0.29, 0.717) is 37.0 Å². The molecular weight excluding hydrogens is 420 g/mol. The van der Waals surface area contributed by atoms with Gasteiger partial charge in [-0.3, -0.25) is 0 Å². The van der Waals surface area contributed by atoms with Crippen LogP contribution in [0.3, 0.4) is 0 Å². The zero-order chi connectivity index (χ0) is 22.8. The van der Waals surface area contributed by atoms with Gasteiger partial charge in [-0.25, -0.2) is 4.79 Å². The third-order valence-electron chi connectivity index (χ3n) is 5.92. The van der Waals surface area contributed by atoms with Crippen LogP contribution in [0.2, 0.25) is 0 Å². The van der Waals surface area contributed by atoms with E-state index in [-0.39, 0.29) is 12.3 Å². The van der Waals surface area contributed by atoms with Gasteiger partial charge in [-0.1, -0.05) is 31.2 Å². The van der Waals surface area contributed by atoms with Gasteiger partial charge < -0.3 is 9.47 Å². The maximum atomic E-state index is 12.5. The molecule has 0 amide bonds. The Labute approximate surface area is 191 Å². The molecule has 1 aromatic heterocycles. The van der Waals surface area contributed by atoms with Gasteiger partial charge in [0.05, 0.1) is 18.0 Å². The van der Waals surface area contributed by atoms with Gasteiger partial charge in [-0.05, 0) is 52.9 Å². The monoisotopic (exact) mass is 446 g/mol. The summed E-state index contributed by atoms with van der Waals surface area (Å²) in [7, 11) is 1.59. The highest BCUT2D eigenvalue weighted by molar-refractivity contribution is 6.03. The summed E-state index contributed by atoms with van der Waals surface area (Å²) in [6, 6.07) is 13.8. The van der Waals surface area contributed by atoms with Crippen molar-refractivity contribution in [3.05, 3.63) is 69.6 Å². The van der Waals surface area contributed by atoms with Gasteiger partial charge >= 0.3 is 5.69 Å². The quantitative estimate of drug-likeness (QED) is 0.329. The highest BCUT2D eigenvalue weighted by Gasteiger charge is 2.28. The SMILES string of the molecule is CCC(=NN=C1CCOc2ccccc21)OCc1c(C2CC2)cccc1-n1nnn(C)c1=O. The summed E-state index contributed by atoms with van der Waals surface area (Å²) >= 11 is 0. The Hall–Kier alpha value is -3.75. The molecule has 9 heteroatoms. The van der Waals surface area contributed by atoms with E-state index in [1.165, 1.54) is 14.9 Å². The highest BCUT2D eigenvalue weighted by Crippen LogP contribution is 2.43. The number of fused-ring (bicyclic) bond motifs is 1. The molecule has 2 aromatic carbocycles. The molecule has 0 radical (unpaired) electrons. The molecule has 9 nitrogen and oxygen atoms in total. The van der Waals surface area contributed by atoms with E-state index >= 15 is 0 Å². The van der Waals surface area contributed by atoms with Crippen molar-refractivity contribution in [2.75, 3.05) is 6.61 Å². The minimum atomic E-state index is -0.293. The number of hydrogen-bond donors (Lipinski definition) is 0. The predicted octanol–water partition coefficient (Wildman–Crippen LogP) is 3.36. The van der Waals surface area contributed by atoms with E-state index in [4.69, 9.17) is 9.47 Å². The molecule has 2 aliphatic rings. The summed E-state index contributed by atoms with van der Waals surface area (Å²) in [5.74, 6) is 1.85. The first-order chi connectivity index (χ1) is 16.2. The number of hydrogen-bond acceptors (Lipinski definition) is 7. The van der Waals surface area contributed by atoms with Crippen LogP contribution >= 0.6 is 0 Å². The van der Waals surface area contributed by atoms with Crippen LogP contribution in [0.15, 0.2) is 57.5 Å². The number of nitrogens with zero attached hydrogens (tertiary/aromatic N) is 6. The van der Waals surface area contributed by atoms with Gasteiger partial charge in [0.25, 0.3) is 0 Å². The summed E-state index contributed by atoms with van der Waals surface area (Å²) in [6.45, 7) is 2.85. The Morgan fingerprint density at radius 2 is 2.03 bits per heavy atom. The summed E-state index contributed by atoms with van der Waals surface area (Å²) in [5, 5.41) is 16.8. The zero-order valence-corrected chi connectivity index (χ0v) is 18.8. The van der Waals surface area contributed by atoms with E-state index in [0.717, 1.165) is 35.4 Å². The van der Waals surface area contributed by atoms with Crippen molar-refractivity contribution < 1.29 is 9.47 Å². The van der Waals surface area contributed by atoms with Crippen molar-refractivity contribution in [2.45, 2.75) is 45.1 Å². The first-order valence-electron chi connectivity index (χ1n) is 11.2. The predicted molar refractivity (Wildman–Crippen MR) is 124 cm³/mol. The number of tetrazole rings is 1. The van der Waals surface area contributed by atoms with E-state index < -0.39 is 0 Å². The fourth-order valence-corrected chi connectivity index (χ4v) is 3.99. The summed E-state index contributed by atoms with van der Waals surface area (Å²) in [5.41, 5.74) is 4.37. The van der Waals surface area contributed by atoms with Crippen molar-refractivity contribution in [3.8, 4) is 11.4 Å². The molecule has 5 rings (SSSR count). The van der Waals surface area contributed by atoms with Gasteiger partial charge in [0.15, 0.2) is 0 Å². The fraction of sp³-hybridized carbons (Fsp3) is 0.375. The largest absolute Gasteiger partial charge is 0.492 e. The molecule has 0 unspecified atom stereocenters. The van der Waals surface area contributed by atoms with Crippen molar-refractivity contribution in [2.24, 2.45) is 17.3 Å². The minimum absolute atomic E-state index is 0.280. The molecule has 33 heavy (non-hydrogen) atoms. The van der Waals surface area contributed by atoms with E-state index in [2.05, 4.69) is 26.7 Å². The van der Waals surface area contributed by atoms with Crippen LogP contribution in [-0.2, 0) is 18.4 Å². The van der Waals surface area contributed by atoms with Crippen LogP contribution < -0.4 is 10.4 Å². The number of ether oxygens (including phenoxy) is 2. The van der Waals surface area contributed by atoms with Crippen LogP contribution in [0.25, 0.3) is 5.69 Å². The van der Waals surface area contributed by atoms with Crippen LogP contribution in [-0.4, -0.2) is 38.0 Å². The molecule has 0 N–H and O–H groups in total. The van der Waals surface area contributed by atoms with Crippen LogP contribution in [0, 0.1) is 0 Å². The second-order valence-electron chi connectivity index (χ2n) is 8.19. The third kappa shape index (κ3) is 4.30. The van der Waals surface area contributed by atoms with E-state index in [1.54, 1.807) is 7.05 Å². The zero-order valence-electron chi connectivity index (χ0n) is 18.8. The van der Waals surface area contributed by atoms with Crippen molar-refractivity contribution in [1.82, 2.24) is 19.8 Å². The lowest BCUT2D eigenvalue weighted by Gasteiger charge is -2.18. The number of aromatic nitrogens is 4. The molecule has 0 atom stereocenters. The first-order valence-corrected chi connectivity index (χ1v) is 11.2. The first kappa shape index (κ1) is 21.1. The standard InChI is InChI=1S/C24H26N6O3/c1-3-23(26-25-20-13-14-32-22-10-5-4-7-18(20)22)33-15-19-17(16-11-12-16)8-6-9-21(19)30-24(31)29(2)27-28-30/h4-10,16H,3,11-15H2,1-2H3. The lowest BCUT2D eigenvalue weighted by Crippen LogP contribution is -2.23. The number of rotatable bonds is 6. The molecule has 2 heterocycles. The minimum Gasteiger partial charge on any atom is -0.492 e. The Morgan fingerprint density at radius 1 is 1.18 bits per heavy atom. The number of aryl methyl sites for hydroxylation is 1. The van der Waals surface area contributed by atoms with Gasteiger partial charge in [-0.2, -0.15) is 14.5 Å². The maximum absolute atomic E-state index is 12.5. The molecule has 0 saturated heterocycles. The molecule has 0 spiro atoms. The molecule has 0 bridgehead atoms. The van der Waals surface area contributed by atoms with Gasteiger partial charge in [-0.15, -0.1) is 5.10 Å². The number of para-hydroxylation sites is 1. The Balaban J connectivity index is 1.43. The van der Waals surface area contributed by atoms with Crippen LogP contribution in [0.4, 0.5) is 0 Å². The third-order valence-corrected chi connectivity index (χ3v) is 5.92. The summed E-state index contributed by atoms with van der Waals surface area (Å²) in [6.07, 6.45) is 3.56. The summed E-state index contributed by atoms with van der Waals surface area (Å²) in [4.78, 5) is 12.5. The molecule has 1 aliphatic carbocycles. The van der Waals surface area contributed by atoms with Gasteiger partial charge in [0.2, 0.25) is 5.90 Å². The molecule has 1 fully saturated rings. The molecule has 3 aromatic rings. The van der Waals surface area contributed by atoms with E-state index in [1.807, 2.05) is 43.3 Å². The van der Waals surface area contributed by atoms with Crippen molar-refractivity contribution in [3.63, 3.8) is 0 Å². The smallest absolute Gasteiger partial charge is 0.368 e. The van der Waals surface area contributed by atoms with Gasteiger partial charge in [0.1, 0.15) is 12.4 Å². The summed E-state index contributed by atoms with van der Waals surface area (Å²) < 4.78 is 14.4. The number of benzene rings is 2. The van der Waals surface area contributed by atoms with Crippen molar-refractivity contribution in [1.29, 1.82) is 0 Å².